The molecular formula is C46H89N3O8. The molecule has 0 aliphatic carbocycles. The molecule has 0 aromatic carbocycles. The van der Waals surface area contributed by atoms with Crippen molar-refractivity contribution in [1.29, 1.82) is 0 Å². The SMILES string of the molecule is CCCCCCCCCCCCCCCCCC(=O)N(CCCCCCCCCCCCCC)[C@@H]1O[C@H](CO)[C@@H](O)[C@H](O)[C@@H]1NC(=O)CNCCCCCC(=O)O. The van der Waals surface area contributed by atoms with Crippen LogP contribution in [0.25, 0.3) is 0 Å². The number of aliphatic carboxylic acids is 1. The van der Waals surface area contributed by atoms with Crippen LogP contribution < -0.4 is 10.6 Å². The van der Waals surface area contributed by atoms with E-state index in [-0.39, 0.29) is 18.9 Å². The van der Waals surface area contributed by atoms with Gasteiger partial charge in [0.05, 0.1) is 13.2 Å². The summed E-state index contributed by atoms with van der Waals surface area (Å²) >= 11 is 0. The van der Waals surface area contributed by atoms with Gasteiger partial charge in [-0.05, 0) is 32.2 Å². The lowest BCUT2D eigenvalue weighted by Crippen LogP contribution is -2.69. The van der Waals surface area contributed by atoms with Crippen molar-refractivity contribution in [2.75, 3.05) is 26.2 Å². The number of rotatable bonds is 40. The second-order valence-electron chi connectivity index (χ2n) is 16.9. The van der Waals surface area contributed by atoms with E-state index in [1.807, 2.05) is 0 Å². The number of carbonyl (C=O) groups is 3. The second kappa shape index (κ2) is 37.2. The highest BCUT2D eigenvalue weighted by Crippen LogP contribution is 2.26. The summed E-state index contributed by atoms with van der Waals surface area (Å²) in [6.45, 7) is 4.86. The third kappa shape index (κ3) is 27.6. The Labute approximate surface area is 348 Å². The molecule has 0 saturated carbocycles. The summed E-state index contributed by atoms with van der Waals surface area (Å²) in [6, 6.07) is -1.07. The van der Waals surface area contributed by atoms with Gasteiger partial charge in [0.1, 0.15) is 24.4 Å². The zero-order valence-corrected chi connectivity index (χ0v) is 36.7. The van der Waals surface area contributed by atoms with Crippen molar-refractivity contribution in [3.05, 3.63) is 0 Å². The van der Waals surface area contributed by atoms with Gasteiger partial charge in [-0.25, -0.2) is 0 Å². The molecule has 1 heterocycles. The Morgan fingerprint density at radius 1 is 0.561 bits per heavy atom. The number of nitrogens with one attached hydrogen (secondary N) is 2. The number of hydrogen-bond donors (Lipinski definition) is 6. The van der Waals surface area contributed by atoms with Crippen LogP contribution in [-0.2, 0) is 19.1 Å². The first kappa shape index (κ1) is 53.2. The lowest BCUT2D eigenvalue weighted by molar-refractivity contribution is -0.231. The number of aliphatic hydroxyl groups is 3. The van der Waals surface area contributed by atoms with Gasteiger partial charge in [-0.1, -0.05) is 181 Å². The predicted octanol–water partition coefficient (Wildman–Crippen LogP) is 8.94. The molecule has 0 spiro atoms. The maximum absolute atomic E-state index is 13.9. The van der Waals surface area contributed by atoms with Crippen LogP contribution >= 0.6 is 0 Å². The Bertz CT molecular complexity index is 972. The van der Waals surface area contributed by atoms with Crippen molar-refractivity contribution in [1.82, 2.24) is 15.5 Å². The summed E-state index contributed by atoms with van der Waals surface area (Å²) < 4.78 is 6.15. The third-order valence-electron chi connectivity index (χ3n) is 11.6. The molecule has 11 nitrogen and oxygen atoms in total. The van der Waals surface area contributed by atoms with E-state index in [4.69, 9.17) is 9.84 Å². The van der Waals surface area contributed by atoms with Crippen LogP contribution in [0.15, 0.2) is 0 Å². The van der Waals surface area contributed by atoms with Crippen molar-refractivity contribution in [3.63, 3.8) is 0 Å². The summed E-state index contributed by atoms with van der Waals surface area (Å²) in [5.41, 5.74) is 0. The molecule has 1 saturated heterocycles. The van der Waals surface area contributed by atoms with E-state index in [9.17, 15) is 29.7 Å². The monoisotopic (exact) mass is 812 g/mol. The molecule has 0 aromatic rings. The number of carboxylic acid groups (broad SMARTS) is 1. The van der Waals surface area contributed by atoms with Gasteiger partial charge < -0.3 is 40.7 Å². The topological polar surface area (TPSA) is 169 Å². The van der Waals surface area contributed by atoms with Crippen LogP contribution in [0.1, 0.15) is 219 Å². The van der Waals surface area contributed by atoms with Gasteiger partial charge in [-0.15, -0.1) is 0 Å². The third-order valence-corrected chi connectivity index (χ3v) is 11.6. The molecule has 1 rings (SSSR count). The quantitative estimate of drug-likeness (QED) is 0.0331. The number of aliphatic hydroxyl groups excluding tert-OH is 3. The van der Waals surface area contributed by atoms with Crippen LogP contribution in [0.3, 0.4) is 0 Å². The molecular weight excluding hydrogens is 723 g/mol. The summed E-state index contributed by atoms with van der Waals surface area (Å²) in [4.78, 5) is 39.4. The number of unbranched alkanes of at least 4 members (excludes halogenated alkanes) is 27. The summed E-state index contributed by atoms with van der Waals surface area (Å²) in [5, 5.41) is 46.8. The van der Waals surface area contributed by atoms with Crippen LogP contribution in [0.5, 0.6) is 0 Å². The number of ether oxygens (including phenoxy) is 1. The molecule has 1 aliphatic rings. The molecule has 0 bridgehead atoms. The molecule has 57 heavy (non-hydrogen) atoms. The van der Waals surface area contributed by atoms with Gasteiger partial charge >= 0.3 is 5.97 Å². The fraction of sp³-hybridized carbons (Fsp3) is 0.935. The Kier molecular flexibility index (Phi) is 34.8. The van der Waals surface area contributed by atoms with Gasteiger partial charge in [0.15, 0.2) is 6.23 Å². The zero-order chi connectivity index (χ0) is 41.8. The van der Waals surface area contributed by atoms with Crippen molar-refractivity contribution < 1.29 is 39.5 Å². The molecule has 11 heteroatoms. The Balaban J connectivity index is 2.70. The predicted molar refractivity (Wildman–Crippen MR) is 231 cm³/mol. The van der Waals surface area contributed by atoms with Gasteiger partial charge in [-0.2, -0.15) is 0 Å². The molecule has 1 fully saturated rings. The van der Waals surface area contributed by atoms with E-state index in [0.29, 0.717) is 25.9 Å². The van der Waals surface area contributed by atoms with E-state index in [0.717, 1.165) is 57.8 Å². The summed E-state index contributed by atoms with van der Waals surface area (Å²) in [6.07, 6.45) is 30.4. The smallest absolute Gasteiger partial charge is 0.303 e. The largest absolute Gasteiger partial charge is 0.481 e. The highest BCUT2D eigenvalue weighted by molar-refractivity contribution is 5.79. The van der Waals surface area contributed by atoms with Crippen molar-refractivity contribution in [2.24, 2.45) is 0 Å². The molecule has 0 radical (unpaired) electrons. The average Bonchev–Trinajstić information content (AvgIpc) is 3.19. The normalized spacial score (nSPS) is 19.5. The number of carbonyl (C=O) groups excluding carboxylic acids is 2. The fourth-order valence-corrected chi connectivity index (χ4v) is 7.97. The Hall–Kier alpha value is -1.79. The second-order valence-corrected chi connectivity index (χ2v) is 16.9. The molecule has 0 aromatic heterocycles. The first-order valence-corrected chi connectivity index (χ1v) is 23.9. The average molecular weight is 812 g/mol. The van der Waals surface area contributed by atoms with E-state index in [1.54, 1.807) is 4.90 Å². The highest BCUT2D eigenvalue weighted by Gasteiger charge is 2.48. The van der Waals surface area contributed by atoms with Crippen LogP contribution in [0.4, 0.5) is 0 Å². The van der Waals surface area contributed by atoms with Crippen LogP contribution in [0.2, 0.25) is 0 Å². The molecule has 336 valence electrons. The first-order chi connectivity index (χ1) is 27.8. The number of amides is 2. The van der Waals surface area contributed by atoms with Gasteiger partial charge in [0.2, 0.25) is 11.8 Å². The first-order valence-electron chi connectivity index (χ1n) is 23.9. The molecule has 6 N–H and O–H groups in total. The van der Waals surface area contributed by atoms with Gasteiger partial charge in [-0.3, -0.25) is 14.4 Å². The van der Waals surface area contributed by atoms with Crippen molar-refractivity contribution >= 4 is 17.8 Å². The molecule has 0 unspecified atom stereocenters. The summed E-state index contributed by atoms with van der Waals surface area (Å²) in [5.74, 6) is -1.33. The zero-order valence-electron chi connectivity index (χ0n) is 36.7. The number of hydrogen-bond acceptors (Lipinski definition) is 8. The van der Waals surface area contributed by atoms with Crippen molar-refractivity contribution in [2.45, 2.75) is 250 Å². The minimum atomic E-state index is -1.44. The van der Waals surface area contributed by atoms with Crippen LogP contribution in [-0.4, -0.2) is 99.9 Å². The number of carboxylic acids is 1. The minimum Gasteiger partial charge on any atom is -0.481 e. The van der Waals surface area contributed by atoms with E-state index in [1.165, 1.54) is 128 Å². The van der Waals surface area contributed by atoms with E-state index < -0.39 is 49.1 Å². The Morgan fingerprint density at radius 2 is 0.982 bits per heavy atom. The van der Waals surface area contributed by atoms with E-state index >= 15 is 0 Å². The minimum absolute atomic E-state index is 0.0415. The highest BCUT2D eigenvalue weighted by atomic mass is 16.5. The number of nitrogens with zero attached hydrogens (tertiary/aromatic N) is 1. The molecule has 1 aliphatic heterocycles. The molecule has 5 atom stereocenters. The maximum atomic E-state index is 13.9. The standard InChI is InChI=1S/C46H89N3O8/c1-3-5-7-9-11-13-15-17-18-19-20-22-24-26-29-33-41(52)49(36-32-27-25-23-21-16-14-12-10-8-6-4-2)46-43(45(56)44(55)39(38-50)57-46)48-40(51)37-47-35-31-28-30-34-42(53)54/h39,43-47,50,55-56H,3-38H2,1-2H3,(H,48,51)(H,53,54)/t39-,43+,44-,45-,46-/m1/s1. The van der Waals surface area contributed by atoms with Gasteiger partial charge in [0.25, 0.3) is 0 Å². The summed E-state index contributed by atoms with van der Waals surface area (Å²) in [7, 11) is 0. The van der Waals surface area contributed by atoms with Crippen molar-refractivity contribution in [3.8, 4) is 0 Å². The fourth-order valence-electron chi connectivity index (χ4n) is 7.97. The van der Waals surface area contributed by atoms with Gasteiger partial charge in [0, 0.05) is 19.4 Å². The molecule has 2 amide bonds. The Morgan fingerprint density at radius 3 is 1.44 bits per heavy atom. The lowest BCUT2D eigenvalue weighted by Gasteiger charge is -2.47. The lowest BCUT2D eigenvalue weighted by atomic mass is 9.94. The maximum Gasteiger partial charge on any atom is 0.303 e. The van der Waals surface area contributed by atoms with E-state index in [2.05, 4.69) is 24.5 Å². The van der Waals surface area contributed by atoms with Crippen LogP contribution in [0, 0.1) is 0 Å².